The van der Waals surface area contributed by atoms with Crippen LogP contribution in [0.4, 0.5) is 0 Å². The molecule has 0 aromatic heterocycles. The van der Waals surface area contributed by atoms with E-state index in [9.17, 15) is 5.11 Å². The minimum Gasteiger partial charge on any atom is -0.497 e. The molecule has 3 rings (SSSR count). The van der Waals surface area contributed by atoms with Gasteiger partial charge < -0.3 is 24.8 Å². The van der Waals surface area contributed by atoms with E-state index in [2.05, 4.69) is 29.3 Å². The Kier molecular flexibility index (Phi) is 9.71. The quantitative estimate of drug-likeness (QED) is 0.327. The molecule has 0 radical (unpaired) electrons. The van der Waals surface area contributed by atoms with Gasteiger partial charge in [0.2, 0.25) is 0 Å². The lowest BCUT2D eigenvalue weighted by Crippen LogP contribution is -2.40. The number of aliphatic hydroxyl groups excluding tert-OH is 1. The van der Waals surface area contributed by atoms with Gasteiger partial charge in [-0.15, -0.1) is 24.0 Å². The number of benzene rings is 2. The third-order valence-electron chi connectivity index (χ3n) is 5.30. The van der Waals surface area contributed by atoms with Crippen LogP contribution in [-0.2, 0) is 0 Å². The van der Waals surface area contributed by atoms with Crippen molar-refractivity contribution in [2.45, 2.75) is 25.4 Å². The second-order valence-corrected chi connectivity index (χ2v) is 7.19. The maximum Gasteiger partial charge on any atom is 0.194 e. The van der Waals surface area contributed by atoms with Crippen LogP contribution in [0.5, 0.6) is 11.5 Å². The van der Waals surface area contributed by atoms with E-state index < -0.39 is 6.10 Å². The zero-order chi connectivity index (χ0) is 20.6. The summed E-state index contributed by atoms with van der Waals surface area (Å²) in [5.74, 6) is 2.93. The van der Waals surface area contributed by atoms with Crippen LogP contribution in [0.3, 0.4) is 0 Å². The Morgan fingerprint density at radius 1 is 1.17 bits per heavy atom. The van der Waals surface area contributed by atoms with Crippen LogP contribution >= 0.6 is 24.0 Å². The molecule has 0 spiro atoms. The minimum atomic E-state index is -0.668. The number of aliphatic imine (C=N–C) groups is 1. The number of halogens is 1. The molecule has 1 aliphatic heterocycles. The molecular weight excluding hydrogens is 493 g/mol. The van der Waals surface area contributed by atoms with Crippen LogP contribution in [0.15, 0.2) is 53.5 Å². The number of hydrogen-bond acceptors (Lipinski definition) is 4. The molecule has 164 valence electrons. The number of ether oxygens (including phenoxy) is 2. The van der Waals surface area contributed by atoms with E-state index in [-0.39, 0.29) is 24.0 Å². The van der Waals surface area contributed by atoms with Crippen molar-refractivity contribution in [3.05, 3.63) is 59.7 Å². The van der Waals surface area contributed by atoms with Gasteiger partial charge in [0.25, 0.3) is 0 Å². The zero-order valence-electron chi connectivity index (χ0n) is 17.9. The molecule has 1 heterocycles. The highest BCUT2D eigenvalue weighted by Crippen LogP contribution is 2.28. The second kappa shape index (κ2) is 12.0. The summed E-state index contributed by atoms with van der Waals surface area (Å²) in [6.07, 6.45) is 0.411. The molecule has 2 aromatic carbocycles. The van der Waals surface area contributed by atoms with Gasteiger partial charge in [-0.25, -0.2) is 0 Å². The van der Waals surface area contributed by atoms with Gasteiger partial charge >= 0.3 is 0 Å². The molecule has 7 heteroatoms. The van der Waals surface area contributed by atoms with Gasteiger partial charge in [-0.1, -0.05) is 24.3 Å². The maximum absolute atomic E-state index is 10.6. The summed E-state index contributed by atoms with van der Waals surface area (Å²) in [6.45, 7) is 5.01. The van der Waals surface area contributed by atoms with Gasteiger partial charge in [-0.3, -0.25) is 4.99 Å². The first-order valence-corrected chi connectivity index (χ1v) is 10.1. The van der Waals surface area contributed by atoms with E-state index >= 15 is 0 Å². The lowest BCUT2D eigenvalue weighted by atomic mass is 9.98. The summed E-state index contributed by atoms with van der Waals surface area (Å²) < 4.78 is 10.5. The Morgan fingerprint density at radius 3 is 2.57 bits per heavy atom. The molecule has 2 N–H and O–H groups in total. The molecule has 6 nitrogen and oxygen atoms in total. The Balaban J connectivity index is 0.00000320. The highest BCUT2D eigenvalue weighted by molar-refractivity contribution is 14.0. The predicted octanol–water partition coefficient (Wildman–Crippen LogP) is 3.81. The topological polar surface area (TPSA) is 66.3 Å². The number of hydrogen-bond donors (Lipinski definition) is 2. The van der Waals surface area contributed by atoms with Gasteiger partial charge in [-0.2, -0.15) is 0 Å². The molecule has 30 heavy (non-hydrogen) atoms. The average Bonchev–Trinajstić information content (AvgIpc) is 3.26. The maximum atomic E-state index is 10.6. The monoisotopic (exact) mass is 525 g/mol. The largest absolute Gasteiger partial charge is 0.497 e. The van der Waals surface area contributed by atoms with Crippen molar-refractivity contribution in [2.75, 3.05) is 40.4 Å². The van der Waals surface area contributed by atoms with Gasteiger partial charge in [-0.05, 0) is 48.7 Å². The number of nitrogens with one attached hydrogen (secondary N) is 1. The van der Waals surface area contributed by atoms with E-state index in [0.717, 1.165) is 49.1 Å². The SMILES string of the molecule is CCNC(=NCC(O)c1cccc(OC)c1)N1CCC(c2ccc(OC)cc2)C1.I. The molecular formula is C23H32IN3O3. The number of nitrogens with zero attached hydrogens (tertiary/aromatic N) is 2. The molecule has 2 unspecified atom stereocenters. The first kappa shape index (κ1) is 24.3. The van der Waals surface area contributed by atoms with E-state index in [1.807, 2.05) is 36.4 Å². The van der Waals surface area contributed by atoms with Crippen molar-refractivity contribution in [1.82, 2.24) is 10.2 Å². The van der Waals surface area contributed by atoms with E-state index in [1.54, 1.807) is 14.2 Å². The molecule has 1 fully saturated rings. The van der Waals surface area contributed by atoms with Gasteiger partial charge in [0, 0.05) is 25.6 Å². The number of methoxy groups -OCH3 is 2. The van der Waals surface area contributed by atoms with Crippen LogP contribution in [0, 0.1) is 0 Å². The summed E-state index contributed by atoms with van der Waals surface area (Å²) in [7, 11) is 3.31. The number of rotatable bonds is 7. The fourth-order valence-corrected chi connectivity index (χ4v) is 3.65. The van der Waals surface area contributed by atoms with Crippen LogP contribution in [-0.4, -0.2) is 56.4 Å². The third kappa shape index (κ3) is 6.25. The van der Waals surface area contributed by atoms with Crippen molar-refractivity contribution < 1.29 is 14.6 Å². The summed E-state index contributed by atoms with van der Waals surface area (Å²) in [4.78, 5) is 6.98. The highest BCUT2D eigenvalue weighted by atomic mass is 127. The molecule has 1 aliphatic rings. The molecule has 0 amide bonds. The first-order valence-electron chi connectivity index (χ1n) is 10.1. The highest BCUT2D eigenvalue weighted by Gasteiger charge is 2.26. The van der Waals surface area contributed by atoms with Gasteiger partial charge in [0.15, 0.2) is 5.96 Å². The third-order valence-corrected chi connectivity index (χ3v) is 5.30. The minimum absolute atomic E-state index is 0. The van der Waals surface area contributed by atoms with Crippen molar-refractivity contribution in [1.29, 1.82) is 0 Å². The Hall–Kier alpha value is -2.00. The van der Waals surface area contributed by atoms with Crippen LogP contribution in [0.1, 0.15) is 36.5 Å². The Labute approximate surface area is 196 Å². The standard InChI is InChI=1S/C23H31N3O3.HI/c1-4-24-23(25-15-22(27)18-6-5-7-21(14-18)29-3)26-13-12-19(16-26)17-8-10-20(28-2)11-9-17;/h5-11,14,19,22,27H,4,12-13,15-16H2,1-3H3,(H,24,25);1H. The fourth-order valence-electron chi connectivity index (χ4n) is 3.65. The molecule has 1 saturated heterocycles. The fraction of sp³-hybridized carbons (Fsp3) is 0.435. The molecule has 0 aliphatic carbocycles. The number of likely N-dealkylation sites (tertiary alicyclic amines) is 1. The van der Waals surface area contributed by atoms with Gasteiger partial charge in [0.05, 0.1) is 26.9 Å². The normalized spacial score (nSPS) is 17.3. The number of guanidine groups is 1. The molecule has 0 bridgehead atoms. The Morgan fingerprint density at radius 2 is 1.90 bits per heavy atom. The van der Waals surface area contributed by atoms with Crippen molar-refractivity contribution in [3.8, 4) is 11.5 Å². The van der Waals surface area contributed by atoms with Crippen LogP contribution < -0.4 is 14.8 Å². The smallest absolute Gasteiger partial charge is 0.194 e. The van der Waals surface area contributed by atoms with Crippen LogP contribution in [0.25, 0.3) is 0 Å². The van der Waals surface area contributed by atoms with E-state index in [0.29, 0.717) is 12.5 Å². The van der Waals surface area contributed by atoms with Crippen molar-refractivity contribution in [3.63, 3.8) is 0 Å². The molecule has 2 aromatic rings. The average molecular weight is 525 g/mol. The zero-order valence-corrected chi connectivity index (χ0v) is 20.2. The van der Waals surface area contributed by atoms with E-state index in [1.165, 1.54) is 5.56 Å². The first-order chi connectivity index (χ1) is 14.1. The lowest BCUT2D eigenvalue weighted by molar-refractivity contribution is 0.186. The molecule has 0 saturated carbocycles. The van der Waals surface area contributed by atoms with Gasteiger partial charge in [0.1, 0.15) is 11.5 Å². The summed E-state index contributed by atoms with van der Waals surface area (Å²) in [5.41, 5.74) is 2.13. The summed E-state index contributed by atoms with van der Waals surface area (Å²) in [5, 5.41) is 13.9. The second-order valence-electron chi connectivity index (χ2n) is 7.19. The molecule has 2 atom stereocenters. The van der Waals surface area contributed by atoms with Crippen molar-refractivity contribution >= 4 is 29.9 Å². The lowest BCUT2D eigenvalue weighted by Gasteiger charge is -2.22. The van der Waals surface area contributed by atoms with Crippen molar-refractivity contribution in [2.24, 2.45) is 4.99 Å². The summed E-state index contributed by atoms with van der Waals surface area (Å²) >= 11 is 0. The summed E-state index contributed by atoms with van der Waals surface area (Å²) in [6, 6.07) is 15.8. The Bertz CT molecular complexity index is 814. The van der Waals surface area contributed by atoms with E-state index in [4.69, 9.17) is 14.5 Å². The van der Waals surface area contributed by atoms with Crippen LogP contribution in [0.2, 0.25) is 0 Å². The predicted molar refractivity (Wildman–Crippen MR) is 131 cm³/mol. The number of aliphatic hydroxyl groups is 1.